The van der Waals surface area contributed by atoms with E-state index in [4.69, 9.17) is 4.74 Å². The first-order chi connectivity index (χ1) is 9.83. The average molecular weight is 274 g/mol. The lowest BCUT2D eigenvalue weighted by Crippen LogP contribution is -2.45. The molecule has 1 heterocycles. The fourth-order valence-electron chi connectivity index (χ4n) is 3.12. The van der Waals surface area contributed by atoms with Crippen molar-refractivity contribution in [3.8, 4) is 0 Å². The van der Waals surface area contributed by atoms with Gasteiger partial charge in [-0.1, -0.05) is 30.3 Å². The summed E-state index contributed by atoms with van der Waals surface area (Å²) in [6.45, 7) is 7.36. The van der Waals surface area contributed by atoms with Crippen LogP contribution < -0.4 is 5.32 Å². The van der Waals surface area contributed by atoms with E-state index in [0.717, 1.165) is 38.8 Å². The van der Waals surface area contributed by atoms with Crippen LogP contribution in [-0.4, -0.2) is 43.8 Å². The minimum absolute atomic E-state index is 0.527. The molecule has 2 fully saturated rings. The maximum absolute atomic E-state index is 5.42. The van der Waals surface area contributed by atoms with E-state index in [2.05, 4.69) is 47.5 Å². The second kappa shape index (κ2) is 6.70. The van der Waals surface area contributed by atoms with Gasteiger partial charge in [0.2, 0.25) is 0 Å². The summed E-state index contributed by atoms with van der Waals surface area (Å²) in [5.41, 5.74) is 1.45. The minimum atomic E-state index is 0.527. The summed E-state index contributed by atoms with van der Waals surface area (Å²) in [5.74, 6) is 0.838. The van der Waals surface area contributed by atoms with Crippen LogP contribution in [0.5, 0.6) is 0 Å². The number of benzene rings is 1. The molecular formula is C17H26N2O. The van der Waals surface area contributed by atoms with Gasteiger partial charge in [-0.3, -0.25) is 4.90 Å². The molecule has 2 aliphatic rings. The number of hydrogen-bond acceptors (Lipinski definition) is 3. The Hall–Kier alpha value is -0.900. The van der Waals surface area contributed by atoms with Crippen LogP contribution >= 0.6 is 0 Å². The Balaban J connectivity index is 1.56. The smallest absolute Gasteiger partial charge is 0.0594 e. The van der Waals surface area contributed by atoms with Gasteiger partial charge in [0.25, 0.3) is 0 Å². The first kappa shape index (κ1) is 14.1. The highest BCUT2D eigenvalue weighted by Crippen LogP contribution is 2.41. The Bertz CT molecular complexity index is 399. The third-order valence-electron chi connectivity index (χ3n) is 4.35. The molecule has 20 heavy (non-hydrogen) atoms. The van der Waals surface area contributed by atoms with Gasteiger partial charge in [0.1, 0.15) is 0 Å². The third-order valence-corrected chi connectivity index (χ3v) is 4.35. The van der Waals surface area contributed by atoms with Gasteiger partial charge in [-0.15, -0.1) is 0 Å². The maximum Gasteiger partial charge on any atom is 0.0594 e. The molecule has 2 unspecified atom stereocenters. The van der Waals surface area contributed by atoms with E-state index < -0.39 is 0 Å². The second-order valence-electron chi connectivity index (χ2n) is 6.21. The average Bonchev–Trinajstić information content (AvgIpc) is 3.31. The molecule has 2 atom stereocenters. The van der Waals surface area contributed by atoms with Gasteiger partial charge < -0.3 is 10.1 Å². The Kier molecular flexibility index (Phi) is 4.71. The molecule has 1 aromatic rings. The van der Waals surface area contributed by atoms with E-state index in [1.807, 2.05) is 0 Å². The maximum atomic E-state index is 5.42. The molecule has 0 aromatic heterocycles. The summed E-state index contributed by atoms with van der Waals surface area (Å²) in [6, 6.07) is 12.0. The fourth-order valence-corrected chi connectivity index (χ4v) is 3.12. The van der Waals surface area contributed by atoms with Gasteiger partial charge in [-0.05, 0) is 31.2 Å². The molecule has 1 saturated heterocycles. The van der Waals surface area contributed by atoms with E-state index in [9.17, 15) is 0 Å². The Morgan fingerprint density at radius 1 is 1.20 bits per heavy atom. The zero-order valence-electron chi connectivity index (χ0n) is 12.4. The van der Waals surface area contributed by atoms with Crippen LogP contribution in [-0.2, 0) is 4.74 Å². The van der Waals surface area contributed by atoms with Crippen LogP contribution in [0.4, 0.5) is 0 Å². The van der Waals surface area contributed by atoms with Crippen LogP contribution in [0.2, 0.25) is 0 Å². The normalized spacial score (nSPS) is 23.4. The summed E-state index contributed by atoms with van der Waals surface area (Å²) < 4.78 is 5.42. The predicted octanol–water partition coefficient (Wildman–Crippen LogP) is 2.45. The van der Waals surface area contributed by atoms with Crippen LogP contribution in [0.3, 0.4) is 0 Å². The van der Waals surface area contributed by atoms with Crippen molar-refractivity contribution in [1.29, 1.82) is 0 Å². The number of ether oxygens (including phenoxy) is 1. The molecule has 0 amide bonds. The van der Waals surface area contributed by atoms with Crippen molar-refractivity contribution < 1.29 is 4.74 Å². The van der Waals surface area contributed by atoms with Crippen molar-refractivity contribution in [2.45, 2.75) is 31.8 Å². The highest BCUT2D eigenvalue weighted by Gasteiger charge is 2.33. The first-order valence-corrected chi connectivity index (χ1v) is 7.94. The minimum Gasteiger partial charge on any atom is -0.379 e. The summed E-state index contributed by atoms with van der Waals surface area (Å²) in [5, 5.41) is 3.86. The monoisotopic (exact) mass is 274 g/mol. The molecule has 1 saturated carbocycles. The second-order valence-corrected chi connectivity index (χ2v) is 6.21. The molecule has 1 aromatic carbocycles. The van der Waals surface area contributed by atoms with Crippen molar-refractivity contribution >= 4 is 0 Å². The number of nitrogens with one attached hydrogen (secondary N) is 1. The molecule has 0 radical (unpaired) electrons. The lowest BCUT2D eigenvalue weighted by molar-refractivity contribution is 0.0337. The van der Waals surface area contributed by atoms with E-state index in [0.29, 0.717) is 12.1 Å². The molecular weight excluding hydrogens is 248 g/mol. The molecule has 0 bridgehead atoms. The summed E-state index contributed by atoms with van der Waals surface area (Å²) in [4.78, 5) is 2.51. The van der Waals surface area contributed by atoms with E-state index >= 15 is 0 Å². The van der Waals surface area contributed by atoms with Gasteiger partial charge in [0.15, 0.2) is 0 Å². The largest absolute Gasteiger partial charge is 0.379 e. The third kappa shape index (κ3) is 3.81. The molecule has 3 heteroatoms. The first-order valence-electron chi connectivity index (χ1n) is 7.94. The van der Waals surface area contributed by atoms with Crippen molar-refractivity contribution in [3.05, 3.63) is 35.9 Å². The lowest BCUT2D eigenvalue weighted by atomic mass is 10.0. The number of hydrogen-bond donors (Lipinski definition) is 1. The number of morpholine rings is 1. The molecule has 3 nitrogen and oxygen atoms in total. The van der Waals surface area contributed by atoms with Crippen LogP contribution in [0.1, 0.15) is 31.4 Å². The van der Waals surface area contributed by atoms with E-state index in [1.165, 1.54) is 18.4 Å². The van der Waals surface area contributed by atoms with E-state index in [1.54, 1.807) is 0 Å². The lowest BCUT2D eigenvalue weighted by Gasteiger charge is -2.31. The highest BCUT2D eigenvalue weighted by atomic mass is 16.5. The number of nitrogens with zero attached hydrogens (tertiary/aromatic N) is 1. The standard InChI is InChI=1S/C17H26N2O/c1-14(13-19-9-11-20-12-10-19)18-17(16-7-8-16)15-5-3-2-4-6-15/h2-6,14,16-18H,7-13H2,1H3. The summed E-state index contributed by atoms with van der Waals surface area (Å²) >= 11 is 0. The quantitative estimate of drug-likeness (QED) is 0.862. The van der Waals surface area contributed by atoms with Gasteiger partial charge in [-0.25, -0.2) is 0 Å². The molecule has 1 aliphatic carbocycles. The van der Waals surface area contributed by atoms with Gasteiger partial charge >= 0.3 is 0 Å². The van der Waals surface area contributed by atoms with Crippen LogP contribution in [0, 0.1) is 5.92 Å². The van der Waals surface area contributed by atoms with Gasteiger partial charge in [-0.2, -0.15) is 0 Å². The van der Waals surface area contributed by atoms with E-state index in [-0.39, 0.29) is 0 Å². The van der Waals surface area contributed by atoms with Crippen LogP contribution in [0.25, 0.3) is 0 Å². The zero-order chi connectivity index (χ0) is 13.8. The molecule has 3 rings (SSSR count). The fraction of sp³-hybridized carbons (Fsp3) is 0.647. The molecule has 110 valence electrons. The van der Waals surface area contributed by atoms with Crippen molar-refractivity contribution in [2.75, 3.05) is 32.8 Å². The topological polar surface area (TPSA) is 24.5 Å². The SMILES string of the molecule is CC(CN1CCOCC1)NC(c1ccccc1)C1CC1. The Morgan fingerprint density at radius 3 is 2.55 bits per heavy atom. The zero-order valence-corrected chi connectivity index (χ0v) is 12.4. The van der Waals surface area contributed by atoms with Gasteiger partial charge in [0.05, 0.1) is 13.2 Å². The highest BCUT2D eigenvalue weighted by molar-refractivity contribution is 5.21. The van der Waals surface area contributed by atoms with Crippen molar-refractivity contribution in [2.24, 2.45) is 5.92 Å². The molecule has 1 aliphatic heterocycles. The van der Waals surface area contributed by atoms with Gasteiger partial charge in [0, 0.05) is 31.7 Å². The number of rotatable bonds is 6. The predicted molar refractivity (Wildman–Crippen MR) is 81.8 cm³/mol. The van der Waals surface area contributed by atoms with Crippen LogP contribution in [0.15, 0.2) is 30.3 Å². The van der Waals surface area contributed by atoms with Crippen molar-refractivity contribution in [3.63, 3.8) is 0 Å². The Labute approximate surface area is 122 Å². The van der Waals surface area contributed by atoms with Crippen molar-refractivity contribution in [1.82, 2.24) is 10.2 Å². The molecule has 1 N–H and O–H groups in total. The molecule has 0 spiro atoms. The summed E-state index contributed by atoms with van der Waals surface area (Å²) in [6.07, 6.45) is 2.74. The Morgan fingerprint density at radius 2 is 1.90 bits per heavy atom. The summed E-state index contributed by atoms with van der Waals surface area (Å²) in [7, 11) is 0.